The Morgan fingerprint density at radius 3 is 2.15 bits per heavy atom. The third kappa shape index (κ3) is 3.84. The summed E-state index contributed by atoms with van der Waals surface area (Å²) in [6, 6.07) is 14.7. The number of rotatable bonds is 6. The van der Waals surface area contributed by atoms with E-state index < -0.39 is 10.9 Å². The van der Waals surface area contributed by atoms with E-state index in [9.17, 15) is 9.59 Å². The van der Waals surface area contributed by atoms with E-state index in [1.165, 1.54) is 0 Å². The number of hydrazine groups is 1. The highest BCUT2D eigenvalue weighted by atomic mass is 16.2. The zero-order valence-electron chi connectivity index (χ0n) is 14.8. The number of benzene rings is 2. The van der Waals surface area contributed by atoms with Crippen LogP contribution in [0.3, 0.4) is 0 Å². The van der Waals surface area contributed by atoms with Gasteiger partial charge in [0.2, 0.25) is 0 Å². The van der Waals surface area contributed by atoms with Gasteiger partial charge in [0.1, 0.15) is 11.4 Å². The Kier molecular flexibility index (Phi) is 6.35. The summed E-state index contributed by atoms with van der Waals surface area (Å²) in [7, 11) is 0. The predicted octanol–water partition coefficient (Wildman–Crippen LogP) is 2.53. The minimum Gasteiger partial charge on any atom is -0.397 e. The van der Waals surface area contributed by atoms with E-state index in [-0.39, 0.29) is 11.4 Å². The van der Waals surface area contributed by atoms with Gasteiger partial charge in [0.05, 0.1) is 17.1 Å². The van der Waals surface area contributed by atoms with Crippen LogP contribution in [-0.4, -0.2) is 0 Å². The van der Waals surface area contributed by atoms with Crippen LogP contribution in [0.25, 0.3) is 0 Å². The van der Waals surface area contributed by atoms with Crippen LogP contribution in [0.15, 0.2) is 58.1 Å². The number of para-hydroxylation sites is 1. The van der Waals surface area contributed by atoms with Crippen LogP contribution in [0.2, 0.25) is 0 Å². The second-order valence-electron chi connectivity index (χ2n) is 5.29. The molecule has 7 nitrogen and oxygen atoms in total. The van der Waals surface area contributed by atoms with E-state index >= 15 is 0 Å². The largest absolute Gasteiger partial charge is 0.397 e. The van der Waals surface area contributed by atoms with Crippen molar-refractivity contribution in [3.8, 4) is 0 Å². The standard InChI is InChI=1S/C17H17N5O2.C2H6/c18-11-7-4-8-12(13(11)22-19)21-15-14(16(23)17(15)24)20-9-10-5-2-1-3-6-10;1-2/h1-8,20-22H,9,18-19H2;1-2H3. The normalized spacial score (nSPS) is 9.96. The third-order valence-corrected chi connectivity index (χ3v) is 3.72. The molecule has 3 aromatic carbocycles. The second kappa shape index (κ2) is 8.68. The summed E-state index contributed by atoms with van der Waals surface area (Å²) in [5.41, 5.74) is 10.1. The van der Waals surface area contributed by atoms with Crippen molar-refractivity contribution in [2.45, 2.75) is 20.4 Å². The van der Waals surface area contributed by atoms with Crippen LogP contribution < -0.4 is 38.5 Å². The molecule has 7 N–H and O–H groups in total. The topological polar surface area (TPSA) is 122 Å². The van der Waals surface area contributed by atoms with Crippen LogP contribution >= 0.6 is 0 Å². The molecule has 3 aromatic rings. The first-order valence-corrected chi connectivity index (χ1v) is 8.35. The molecular weight excluding hydrogens is 330 g/mol. The molecule has 0 aliphatic heterocycles. The van der Waals surface area contributed by atoms with E-state index in [0.717, 1.165) is 5.56 Å². The molecule has 0 saturated carbocycles. The van der Waals surface area contributed by atoms with Crippen LogP contribution in [0.5, 0.6) is 0 Å². The maximum Gasteiger partial charge on any atom is 0.253 e. The monoisotopic (exact) mass is 353 g/mol. The first kappa shape index (κ1) is 19.0. The minimum absolute atomic E-state index is 0.207. The molecule has 0 radical (unpaired) electrons. The lowest BCUT2D eigenvalue weighted by Gasteiger charge is -2.17. The molecule has 0 spiro atoms. The number of hydrogen-bond acceptors (Lipinski definition) is 7. The Morgan fingerprint density at radius 2 is 1.50 bits per heavy atom. The van der Waals surface area contributed by atoms with Gasteiger partial charge < -0.3 is 21.8 Å². The molecular formula is C19H23N5O2. The predicted molar refractivity (Wildman–Crippen MR) is 108 cm³/mol. The number of hydrogen-bond donors (Lipinski definition) is 5. The highest BCUT2D eigenvalue weighted by Crippen LogP contribution is 2.31. The number of nitrogens with one attached hydrogen (secondary N) is 3. The summed E-state index contributed by atoms with van der Waals surface area (Å²) in [6.45, 7) is 4.44. The van der Waals surface area contributed by atoms with Gasteiger partial charge in [-0.2, -0.15) is 0 Å². The molecule has 0 aliphatic rings. The van der Waals surface area contributed by atoms with Crippen molar-refractivity contribution in [2.24, 2.45) is 5.84 Å². The quantitative estimate of drug-likeness (QED) is 0.200. The number of nitrogen functional groups attached to an aromatic ring is 2. The highest BCUT2D eigenvalue weighted by Gasteiger charge is 2.21. The Morgan fingerprint density at radius 1 is 0.846 bits per heavy atom. The SMILES string of the molecule is CC.NNc1c(N)cccc1Nc1c(NCc2ccccc2)c(=O)c1=O. The summed E-state index contributed by atoms with van der Waals surface area (Å²) in [4.78, 5) is 23.7. The van der Waals surface area contributed by atoms with Crippen LogP contribution in [0.1, 0.15) is 19.4 Å². The molecule has 136 valence electrons. The van der Waals surface area contributed by atoms with Gasteiger partial charge in [0.25, 0.3) is 10.9 Å². The molecule has 0 bridgehead atoms. The molecule has 0 amide bonds. The molecule has 0 aromatic heterocycles. The van der Waals surface area contributed by atoms with Gasteiger partial charge >= 0.3 is 0 Å². The van der Waals surface area contributed by atoms with E-state index in [1.54, 1.807) is 18.2 Å². The van der Waals surface area contributed by atoms with Crippen LogP contribution in [0, 0.1) is 0 Å². The molecule has 0 atom stereocenters. The Hall–Kier alpha value is -3.32. The zero-order chi connectivity index (χ0) is 19.1. The summed E-state index contributed by atoms with van der Waals surface area (Å²) in [6.07, 6.45) is 0. The Labute approximate surface area is 151 Å². The minimum atomic E-state index is -0.573. The molecule has 3 rings (SSSR count). The van der Waals surface area contributed by atoms with Crippen molar-refractivity contribution < 1.29 is 0 Å². The summed E-state index contributed by atoms with van der Waals surface area (Å²) in [5.74, 6) is 5.46. The van der Waals surface area contributed by atoms with Gasteiger partial charge in [0.15, 0.2) is 0 Å². The first-order valence-electron chi connectivity index (χ1n) is 8.35. The van der Waals surface area contributed by atoms with E-state index in [1.807, 2.05) is 44.2 Å². The van der Waals surface area contributed by atoms with Gasteiger partial charge in [-0.15, -0.1) is 0 Å². The zero-order valence-corrected chi connectivity index (χ0v) is 14.8. The molecule has 0 heterocycles. The second-order valence-corrected chi connectivity index (χ2v) is 5.29. The molecule has 7 heteroatoms. The van der Waals surface area contributed by atoms with Crippen molar-refractivity contribution in [1.82, 2.24) is 0 Å². The van der Waals surface area contributed by atoms with Gasteiger partial charge in [-0.3, -0.25) is 15.4 Å². The molecule has 0 unspecified atom stereocenters. The van der Waals surface area contributed by atoms with Gasteiger partial charge in [-0.05, 0) is 17.7 Å². The van der Waals surface area contributed by atoms with Gasteiger partial charge in [-0.1, -0.05) is 50.2 Å². The summed E-state index contributed by atoms with van der Waals surface area (Å²) >= 11 is 0. The van der Waals surface area contributed by atoms with E-state index in [2.05, 4.69) is 16.1 Å². The van der Waals surface area contributed by atoms with Gasteiger partial charge in [-0.25, -0.2) is 0 Å². The molecule has 0 saturated heterocycles. The first-order chi connectivity index (χ1) is 12.6. The average Bonchev–Trinajstić information content (AvgIpc) is 2.69. The molecule has 0 aliphatic carbocycles. The van der Waals surface area contributed by atoms with E-state index in [0.29, 0.717) is 23.6 Å². The number of anilines is 5. The lowest BCUT2D eigenvalue weighted by atomic mass is 10.1. The van der Waals surface area contributed by atoms with Crippen LogP contribution in [-0.2, 0) is 6.54 Å². The third-order valence-electron chi connectivity index (χ3n) is 3.72. The lowest BCUT2D eigenvalue weighted by molar-refractivity contribution is 1.13. The smallest absolute Gasteiger partial charge is 0.253 e. The van der Waals surface area contributed by atoms with Crippen molar-refractivity contribution >= 4 is 28.4 Å². The Bertz CT molecular complexity index is 931. The van der Waals surface area contributed by atoms with Crippen molar-refractivity contribution in [1.29, 1.82) is 0 Å². The molecule has 0 fully saturated rings. The summed E-state index contributed by atoms with van der Waals surface area (Å²) in [5, 5.41) is 5.93. The van der Waals surface area contributed by atoms with Crippen molar-refractivity contribution in [3.05, 3.63) is 74.5 Å². The fourth-order valence-corrected chi connectivity index (χ4v) is 2.44. The fourth-order valence-electron chi connectivity index (χ4n) is 2.44. The molecule has 26 heavy (non-hydrogen) atoms. The Balaban J connectivity index is 0.00000117. The highest BCUT2D eigenvalue weighted by molar-refractivity contribution is 5.87. The lowest BCUT2D eigenvalue weighted by Crippen LogP contribution is -2.36. The average molecular weight is 353 g/mol. The fraction of sp³-hybridized carbons (Fsp3) is 0.158. The maximum atomic E-state index is 11.9. The van der Waals surface area contributed by atoms with Crippen LogP contribution in [0.4, 0.5) is 28.4 Å². The van der Waals surface area contributed by atoms with Gasteiger partial charge in [0, 0.05) is 6.54 Å². The maximum absolute atomic E-state index is 11.9. The van der Waals surface area contributed by atoms with Crippen molar-refractivity contribution in [2.75, 3.05) is 21.8 Å². The van der Waals surface area contributed by atoms with E-state index in [4.69, 9.17) is 11.6 Å². The van der Waals surface area contributed by atoms with Crippen molar-refractivity contribution in [3.63, 3.8) is 0 Å². The summed E-state index contributed by atoms with van der Waals surface area (Å²) < 4.78 is 0. The number of nitrogens with two attached hydrogens (primary N) is 2.